The molecule has 2 aromatic rings. The highest BCUT2D eigenvalue weighted by molar-refractivity contribution is 7.89. The van der Waals surface area contributed by atoms with Crippen LogP contribution in [-0.2, 0) is 10.0 Å². The Hall–Kier alpha value is -2.05. The fraction of sp³-hybridized carbons (Fsp3) is 0.235. The van der Waals surface area contributed by atoms with Gasteiger partial charge in [-0.2, -0.15) is 13.5 Å². The van der Waals surface area contributed by atoms with Crippen LogP contribution in [0.4, 0.5) is 5.69 Å². The number of nitrogens with one attached hydrogen (secondary N) is 1. The average molecular weight is 366 g/mol. The summed E-state index contributed by atoms with van der Waals surface area (Å²) in [6, 6.07) is 13.7. The van der Waals surface area contributed by atoms with Gasteiger partial charge >= 0.3 is 0 Å². The second-order valence-corrected chi connectivity index (χ2v) is 7.17. The van der Waals surface area contributed by atoms with E-state index in [2.05, 4.69) is 28.7 Å². The first-order valence-electron chi connectivity index (χ1n) is 7.61. The molecule has 0 atom stereocenters. The third kappa shape index (κ3) is 4.72. The van der Waals surface area contributed by atoms with Crippen molar-refractivity contribution >= 4 is 33.5 Å². The fourth-order valence-electron chi connectivity index (χ4n) is 2.20. The molecule has 0 aliphatic rings. The third-order valence-corrected chi connectivity index (χ3v) is 5.02. The van der Waals surface area contributed by atoms with Gasteiger partial charge in [0, 0.05) is 23.8 Å². The van der Waals surface area contributed by atoms with E-state index in [4.69, 9.17) is 11.6 Å². The molecule has 1 N–H and O–H groups in total. The number of anilines is 1. The zero-order chi connectivity index (χ0) is 17.6. The molecule has 0 saturated heterocycles. The summed E-state index contributed by atoms with van der Waals surface area (Å²) in [5, 5.41) is 4.29. The van der Waals surface area contributed by atoms with Crippen molar-refractivity contribution in [3.63, 3.8) is 0 Å². The van der Waals surface area contributed by atoms with E-state index in [1.54, 1.807) is 0 Å². The predicted octanol–water partition coefficient (Wildman–Crippen LogP) is 3.50. The van der Waals surface area contributed by atoms with Crippen molar-refractivity contribution < 1.29 is 8.42 Å². The quantitative estimate of drug-likeness (QED) is 0.603. The molecule has 0 aliphatic carbocycles. The molecule has 5 nitrogen and oxygen atoms in total. The van der Waals surface area contributed by atoms with Gasteiger partial charge in [-0.15, -0.1) is 0 Å². The molecule has 0 unspecified atom stereocenters. The summed E-state index contributed by atoms with van der Waals surface area (Å²) in [5.41, 5.74) is 1.93. The molecule has 0 saturated carbocycles. The number of nitrogens with zero attached hydrogens (tertiary/aromatic N) is 2. The Morgan fingerprint density at radius 1 is 1.04 bits per heavy atom. The van der Waals surface area contributed by atoms with Gasteiger partial charge in [0.25, 0.3) is 10.0 Å². The average Bonchev–Trinajstić information content (AvgIpc) is 2.57. The van der Waals surface area contributed by atoms with Gasteiger partial charge in [0.1, 0.15) is 0 Å². The van der Waals surface area contributed by atoms with Crippen molar-refractivity contribution in [1.29, 1.82) is 0 Å². The van der Waals surface area contributed by atoms with Crippen LogP contribution in [0.1, 0.15) is 19.4 Å². The lowest BCUT2D eigenvalue weighted by Gasteiger charge is -2.20. The van der Waals surface area contributed by atoms with Gasteiger partial charge in [-0.1, -0.05) is 23.7 Å². The van der Waals surface area contributed by atoms with Crippen LogP contribution in [0.25, 0.3) is 0 Å². The highest BCUT2D eigenvalue weighted by atomic mass is 35.5. The van der Waals surface area contributed by atoms with Gasteiger partial charge in [-0.05, 0) is 55.8 Å². The normalized spacial score (nSPS) is 11.6. The highest BCUT2D eigenvalue weighted by Gasteiger charge is 2.11. The molecule has 7 heteroatoms. The van der Waals surface area contributed by atoms with E-state index in [9.17, 15) is 8.42 Å². The smallest absolute Gasteiger partial charge is 0.276 e. The molecule has 0 heterocycles. The van der Waals surface area contributed by atoms with Gasteiger partial charge in [0.15, 0.2) is 0 Å². The second-order valence-electron chi connectivity index (χ2n) is 5.07. The molecule has 24 heavy (non-hydrogen) atoms. The molecule has 0 bridgehead atoms. The molecule has 2 aromatic carbocycles. The zero-order valence-electron chi connectivity index (χ0n) is 13.6. The second kappa shape index (κ2) is 8.17. The topological polar surface area (TPSA) is 61.8 Å². The maximum absolute atomic E-state index is 12.1. The van der Waals surface area contributed by atoms with Crippen LogP contribution in [-0.4, -0.2) is 27.7 Å². The number of hydrazone groups is 1. The van der Waals surface area contributed by atoms with Crippen LogP contribution in [0, 0.1) is 0 Å². The molecular formula is C17H20ClN3O2S. The molecule has 0 fully saturated rings. The van der Waals surface area contributed by atoms with E-state index in [1.807, 2.05) is 24.3 Å². The van der Waals surface area contributed by atoms with Gasteiger partial charge in [0.05, 0.1) is 11.1 Å². The molecule has 0 amide bonds. The number of rotatable bonds is 7. The van der Waals surface area contributed by atoms with Gasteiger partial charge in [-0.3, -0.25) is 0 Å². The number of halogens is 1. The summed E-state index contributed by atoms with van der Waals surface area (Å²) in [5.74, 6) is 0. The lowest BCUT2D eigenvalue weighted by atomic mass is 10.2. The number of hydrogen-bond donors (Lipinski definition) is 1. The first-order chi connectivity index (χ1) is 11.5. The van der Waals surface area contributed by atoms with Crippen molar-refractivity contribution in [2.75, 3.05) is 18.0 Å². The maximum Gasteiger partial charge on any atom is 0.276 e. The monoisotopic (exact) mass is 365 g/mol. The van der Waals surface area contributed by atoms with Gasteiger partial charge in [0.2, 0.25) is 0 Å². The fourth-order valence-corrected chi connectivity index (χ4v) is 3.11. The van der Waals surface area contributed by atoms with E-state index < -0.39 is 10.0 Å². The highest BCUT2D eigenvalue weighted by Crippen LogP contribution is 2.15. The summed E-state index contributed by atoms with van der Waals surface area (Å²) in [6.07, 6.45) is 1.47. The Morgan fingerprint density at radius 3 is 2.17 bits per heavy atom. The number of benzene rings is 2. The standard InChI is InChI=1S/C17H20ClN3O2S/c1-3-21(4-2)16-9-5-14(6-10-16)13-19-20-24(22,23)17-11-7-15(18)8-12-17/h5-13,20H,3-4H2,1-2H3/b19-13+. The van der Waals surface area contributed by atoms with Gasteiger partial charge in [-0.25, -0.2) is 4.83 Å². The molecule has 0 radical (unpaired) electrons. The Morgan fingerprint density at radius 2 is 1.62 bits per heavy atom. The summed E-state index contributed by atoms with van der Waals surface area (Å²) < 4.78 is 24.2. The van der Waals surface area contributed by atoms with Crippen molar-refractivity contribution in [3.8, 4) is 0 Å². The van der Waals surface area contributed by atoms with E-state index in [-0.39, 0.29) is 4.90 Å². The Balaban J connectivity index is 2.04. The SMILES string of the molecule is CCN(CC)c1ccc(/C=N/NS(=O)(=O)c2ccc(Cl)cc2)cc1. The van der Waals surface area contributed by atoms with Crippen LogP contribution in [0.3, 0.4) is 0 Å². The Kier molecular flexibility index (Phi) is 6.23. The van der Waals surface area contributed by atoms with Crippen LogP contribution >= 0.6 is 11.6 Å². The molecule has 2 rings (SSSR count). The summed E-state index contributed by atoms with van der Waals surface area (Å²) in [6.45, 7) is 6.07. The van der Waals surface area contributed by atoms with Crippen molar-refractivity contribution in [3.05, 3.63) is 59.1 Å². The molecule has 0 aromatic heterocycles. The predicted molar refractivity (Wildman–Crippen MR) is 99.4 cm³/mol. The van der Waals surface area contributed by atoms with E-state index in [1.165, 1.54) is 30.5 Å². The molecule has 0 aliphatic heterocycles. The van der Waals surface area contributed by atoms with Gasteiger partial charge < -0.3 is 4.90 Å². The van der Waals surface area contributed by atoms with Crippen molar-refractivity contribution in [2.24, 2.45) is 5.10 Å². The van der Waals surface area contributed by atoms with Crippen molar-refractivity contribution in [2.45, 2.75) is 18.7 Å². The molecule has 0 spiro atoms. The lowest BCUT2D eigenvalue weighted by Crippen LogP contribution is -2.21. The first kappa shape index (κ1) is 18.3. The largest absolute Gasteiger partial charge is 0.372 e. The molecular weight excluding hydrogens is 346 g/mol. The third-order valence-electron chi connectivity index (χ3n) is 3.53. The van der Waals surface area contributed by atoms with Crippen LogP contribution in [0.5, 0.6) is 0 Å². The number of hydrogen-bond acceptors (Lipinski definition) is 4. The Bertz CT molecular complexity index is 784. The van der Waals surface area contributed by atoms with Crippen LogP contribution in [0.2, 0.25) is 5.02 Å². The minimum absolute atomic E-state index is 0.112. The minimum atomic E-state index is -3.69. The van der Waals surface area contributed by atoms with Crippen molar-refractivity contribution in [1.82, 2.24) is 4.83 Å². The lowest BCUT2D eigenvalue weighted by molar-refractivity contribution is 0.584. The minimum Gasteiger partial charge on any atom is -0.372 e. The summed E-state index contributed by atoms with van der Waals surface area (Å²) in [4.78, 5) is 4.53. The molecule has 128 valence electrons. The maximum atomic E-state index is 12.1. The summed E-state index contributed by atoms with van der Waals surface area (Å²) >= 11 is 5.75. The van der Waals surface area contributed by atoms with Crippen LogP contribution < -0.4 is 9.73 Å². The van der Waals surface area contributed by atoms with Crippen LogP contribution in [0.15, 0.2) is 58.5 Å². The van der Waals surface area contributed by atoms with E-state index in [0.717, 1.165) is 24.3 Å². The number of sulfonamides is 1. The first-order valence-corrected chi connectivity index (χ1v) is 9.48. The Labute approximate surface area is 148 Å². The van der Waals surface area contributed by atoms with E-state index >= 15 is 0 Å². The van der Waals surface area contributed by atoms with E-state index in [0.29, 0.717) is 5.02 Å². The summed E-state index contributed by atoms with van der Waals surface area (Å²) in [7, 11) is -3.69. The zero-order valence-corrected chi connectivity index (χ0v) is 15.2.